The number of carbonyl (C=O) groups excluding carboxylic acids is 1. The van der Waals surface area contributed by atoms with Gasteiger partial charge in [0, 0.05) is 18.2 Å². The topological polar surface area (TPSA) is 103 Å². The Labute approximate surface area is 186 Å². The average molecular weight is 444 g/mol. The maximum absolute atomic E-state index is 13.3. The number of nitrogens with two attached hydrogens (primary N) is 1. The van der Waals surface area contributed by atoms with Crippen molar-refractivity contribution in [2.24, 2.45) is 5.92 Å². The number of hydrogen-bond donors (Lipinski definition) is 1. The number of ether oxygens (including phenoxy) is 2. The summed E-state index contributed by atoms with van der Waals surface area (Å²) in [7, 11) is 3.14. The number of nitrogen functional groups attached to an aromatic ring is 1. The molecular weight excluding hydrogens is 418 g/mol. The van der Waals surface area contributed by atoms with Crippen LogP contribution in [0.4, 0.5) is 11.8 Å². The van der Waals surface area contributed by atoms with Crippen molar-refractivity contribution in [2.45, 2.75) is 38.6 Å². The number of methoxy groups -OCH3 is 2. The highest BCUT2D eigenvalue weighted by Crippen LogP contribution is 2.36. The molecular formula is C22H26ClN5O3. The number of ketones is 1. The van der Waals surface area contributed by atoms with Crippen LogP contribution in [0.25, 0.3) is 0 Å². The quantitative estimate of drug-likeness (QED) is 0.549. The van der Waals surface area contributed by atoms with Crippen molar-refractivity contribution < 1.29 is 14.3 Å². The molecule has 0 unspecified atom stereocenters. The Kier molecular flexibility index (Phi) is 6.27. The standard InChI is InChI=1S/C22H26ClN5O3/c1-30-16-9-15(25-10-17(16)31-2)12-28-11-14(8-13-6-4-3-5-7-13)19(29)18-20(23)26-22(24)27-21(18)28/h8-10,13H,3-7,11-12H2,1-2H3,(H2,24,26,27). The largest absolute Gasteiger partial charge is 0.493 e. The van der Waals surface area contributed by atoms with Gasteiger partial charge in [0.05, 0.1) is 32.7 Å². The van der Waals surface area contributed by atoms with Gasteiger partial charge in [-0.1, -0.05) is 36.9 Å². The van der Waals surface area contributed by atoms with Crippen molar-refractivity contribution in [3.05, 3.63) is 40.3 Å². The molecule has 2 aliphatic rings. The number of rotatable bonds is 5. The molecule has 0 atom stereocenters. The molecule has 2 aromatic rings. The maximum Gasteiger partial charge on any atom is 0.223 e. The van der Waals surface area contributed by atoms with Gasteiger partial charge in [-0.05, 0) is 18.8 Å². The number of hydrogen-bond acceptors (Lipinski definition) is 8. The lowest BCUT2D eigenvalue weighted by Crippen LogP contribution is -2.36. The highest BCUT2D eigenvalue weighted by molar-refractivity contribution is 6.35. The lowest BCUT2D eigenvalue weighted by molar-refractivity contribution is 0.102. The minimum atomic E-state index is -0.123. The minimum Gasteiger partial charge on any atom is -0.493 e. The molecule has 0 radical (unpaired) electrons. The van der Waals surface area contributed by atoms with E-state index in [4.69, 9.17) is 26.8 Å². The van der Waals surface area contributed by atoms with Crippen LogP contribution in [0, 0.1) is 5.92 Å². The zero-order valence-electron chi connectivity index (χ0n) is 17.7. The number of pyridine rings is 1. The van der Waals surface area contributed by atoms with E-state index in [0.29, 0.717) is 41.9 Å². The summed E-state index contributed by atoms with van der Waals surface area (Å²) in [5, 5.41) is 0.0759. The van der Waals surface area contributed by atoms with Crippen LogP contribution in [-0.2, 0) is 6.54 Å². The van der Waals surface area contributed by atoms with Crippen molar-refractivity contribution in [1.82, 2.24) is 15.0 Å². The minimum absolute atomic E-state index is 0.0292. The molecule has 1 aliphatic heterocycles. The molecule has 0 spiro atoms. The van der Waals surface area contributed by atoms with E-state index in [1.54, 1.807) is 20.4 Å². The van der Waals surface area contributed by atoms with Gasteiger partial charge in [-0.15, -0.1) is 0 Å². The SMILES string of the molecule is COc1cnc(CN2CC(=CC3CCCCC3)C(=O)c3c(Cl)nc(N)nc32)cc1OC. The van der Waals surface area contributed by atoms with Gasteiger partial charge in [0.2, 0.25) is 5.95 Å². The Bertz CT molecular complexity index is 1020. The number of nitrogens with zero attached hydrogens (tertiary/aromatic N) is 4. The first-order chi connectivity index (χ1) is 15.0. The number of allylic oxidation sites excluding steroid dienone is 1. The van der Waals surface area contributed by atoms with Crippen molar-refractivity contribution in [3.8, 4) is 11.5 Å². The van der Waals surface area contributed by atoms with E-state index in [9.17, 15) is 4.79 Å². The molecule has 1 fully saturated rings. The Hall–Kier alpha value is -2.87. The maximum atomic E-state index is 13.3. The second-order valence-electron chi connectivity index (χ2n) is 7.88. The molecule has 0 amide bonds. The van der Waals surface area contributed by atoms with Crippen molar-refractivity contribution >= 4 is 29.2 Å². The Morgan fingerprint density at radius 3 is 2.65 bits per heavy atom. The number of aromatic nitrogens is 3. The molecule has 3 heterocycles. The van der Waals surface area contributed by atoms with Crippen LogP contribution in [-0.4, -0.2) is 41.5 Å². The summed E-state index contributed by atoms with van der Waals surface area (Å²) in [6, 6.07) is 1.81. The highest BCUT2D eigenvalue weighted by Gasteiger charge is 2.33. The number of anilines is 2. The number of Topliss-reactive ketones (excluding diaryl/α,β-unsaturated/α-hetero) is 1. The van der Waals surface area contributed by atoms with Crippen molar-refractivity contribution in [3.63, 3.8) is 0 Å². The smallest absolute Gasteiger partial charge is 0.223 e. The summed E-state index contributed by atoms with van der Waals surface area (Å²) in [5.74, 6) is 1.87. The zero-order chi connectivity index (χ0) is 22.0. The van der Waals surface area contributed by atoms with Gasteiger partial charge in [0.25, 0.3) is 0 Å². The first-order valence-electron chi connectivity index (χ1n) is 10.4. The van der Waals surface area contributed by atoms with Gasteiger partial charge in [-0.2, -0.15) is 4.98 Å². The van der Waals surface area contributed by atoms with Crippen LogP contribution < -0.4 is 20.1 Å². The van der Waals surface area contributed by atoms with E-state index in [2.05, 4.69) is 21.0 Å². The predicted octanol–water partition coefficient (Wildman–Crippen LogP) is 3.83. The van der Waals surface area contributed by atoms with Crippen LogP contribution in [0.1, 0.15) is 48.2 Å². The molecule has 2 aromatic heterocycles. The predicted molar refractivity (Wildman–Crippen MR) is 119 cm³/mol. The van der Waals surface area contributed by atoms with Gasteiger partial charge < -0.3 is 20.1 Å². The fourth-order valence-corrected chi connectivity index (χ4v) is 4.54. The molecule has 0 bridgehead atoms. The third-order valence-electron chi connectivity index (χ3n) is 5.81. The fourth-order valence-electron chi connectivity index (χ4n) is 4.28. The van der Waals surface area contributed by atoms with Crippen LogP contribution in [0.2, 0.25) is 5.15 Å². The van der Waals surface area contributed by atoms with Gasteiger partial charge >= 0.3 is 0 Å². The normalized spacial score (nSPS) is 18.2. The van der Waals surface area contributed by atoms with Crippen LogP contribution in [0.3, 0.4) is 0 Å². The second kappa shape index (κ2) is 9.09. The van der Waals surface area contributed by atoms with E-state index >= 15 is 0 Å². The molecule has 31 heavy (non-hydrogen) atoms. The van der Waals surface area contributed by atoms with Crippen molar-refractivity contribution in [1.29, 1.82) is 0 Å². The summed E-state index contributed by atoms with van der Waals surface area (Å²) in [5.41, 5.74) is 7.59. The number of halogens is 1. The monoisotopic (exact) mass is 443 g/mol. The third-order valence-corrected chi connectivity index (χ3v) is 6.08. The molecule has 1 aliphatic carbocycles. The van der Waals surface area contributed by atoms with Gasteiger partial charge in [-0.25, -0.2) is 4.98 Å². The Balaban J connectivity index is 1.71. The summed E-state index contributed by atoms with van der Waals surface area (Å²) in [4.78, 5) is 28.0. The first kappa shape index (κ1) is 21.4. The molecule has 4 rings (SSSR count). The van der Waals surface area contributed by atoms with E-state index in [0.717, 1.165) is 24.1 Å². The summed E-state index contributed by atoms with van der Waals surface area (Å²) in [6.07, 6.45) is 9.58. The molecule has 164 valence electrons. The number of carbonyl (C=O) groups is 1. The van der Waals surface area contributed by atoms with Gasteiger partial charge in [0.1, 0.15) is 16.5 Å². The van der Waals surface area contributed by atoms with Gasteiger partial charge in [0.15, 0.2) is 17.3 Å². The van der Waals surface area contributed by atoms with Gasteiger partial charge in [-0.3, -0.25) is 9.78 Å². The molecule has 9 heteroatoms. The summed E-state index contributed by atoms with van der Waals surface area (Å²) < 4.78 is 10.7. The second-order valence-corrected chi connectivity index (χ2v) is 8.24. The lowest BCUT2D eigenvalue weighted by Gasteiger charge is -2.32. The first-order valence-corrected chi connectivity index (χ1v) is 10.8. The molecule has 2 N–H and O–H groups in total. The lowest BCUT2D eigenvalue weighted by atomic mass is 9.86. The van der Waals surface area contributed by atoms with E-state index in [1.165, 1.54) is 19.3 Å². The van der Waals surface area contributed by atoms with Crippen molar-refractivity contribution in [2.75, 3.05) is 31.4 Å². The van der Waals surface area contributed by atoms with E-state index in [1.807, 2.05) is 11.0 Å². The molecule has 0 saturated heterocycles. The summed E-state index contributed by atoms with van der Waals surface area (Å²) in [6.45, 7) is 0.806. The van der Waals surface area contributed by atoms with Crippen LogP contribution >= 0.6 is 11.6 Å². The average Bonchev–Trinajstić information content (AvgIpc) is 2.77. The molecule has 8 nitrogen and oxygen atoms in total. The third kappa shape index (κ3) is 4.44. The number of fused-ring (bicyclic) bond motifs is 1. The summed E-state index contributed by atoms with van der Waals surface area (Å²) >= 11 is 6.35. The Morgan fingerprint density at radius 2 is 1.94 bits per heavy atom. The highest BCUT2D eigenvalue weighted by atomic mass is 35.5. The molecule has 1 saturated carbocycles. The van der Waals surface area contributed by atoms with Crippen LogP contribution in [0.5, 0.6) is 11.5 Å². The molecule has 0 aromatic carbocycles. The fraction of sp³-hybridized carbons (Fsp3) is 0.455. The van der Waals surface area contributed by atoms with E-state index < -0.39 is 0 Å². The van der Waals surface area contributed by atoms with E-state index in [-0.39, 0.29) is 16.9 Å². The Morgan fingerprint density at radius 1 is 1.19 bits per heavy atom. The zero-order valence-corrected chi connectivity index (χ0v) is 18.5. The van der Waals surface area contributed by atoms with Crippen LogP contribution in [0.15, 0.2) is 23.9 Å².